The molecule has 0 saturated heterocycles. The quantitative estimate of drug-likeness (QED) is 0.346. The van der Waals surface area contributed by atoms with Crippen molar-refractivity contribution < 1.29 is 0 Å². The molecular weight excluding hydrogens is 400 g/mol. The zero-order valence-electron chi connectivity index (χ0n) is 18.1. The summed E-state index contributed by atoms with van der Waals surface area (Å²) < 4.78 is 0. The van der Waals surface area contributed by atoms with Crippen LogP contribution >= 0.6 is 11.3 Å². The first-order valence-electron chi connectivity index (χ1n) is 9.78. The van der Waals surface area contributed by atoms with E-state index in [-0.39, 0.29) is 5.70 Å². The molecule has 0 aliphatic heterocycles. The molecule has 2 aromatic carbocycles. The third kappa shape index (κ3) is 5.22. The van der Waals surface area contributed by atoms with E-state index in [2.05, 4.69) is 52.2 Å². The van der Waals surface area contributed by atoms with Crippen LogP contribution in [0.1, 0.15) is 20.9 Å². The number of thiophene rings is 1. The highest BCUT2D eigenvalue weighted by molar-refractivity contribution is 7.14. The van der Waals surface area contributed by atoms with Crippen molar-refractivity contribution in [1.82, 2.24) is 0 Å². The van der Waals surface area contributed by atoms with E-state index in [1.807, 2.05) is 69.5 Å². The Kier molecular flexibility index (Phi) is 6.92. The lowest BCUT2D eigenvalue weighted by molar-refractivity contribution is 1.13. The SMILES string of the molecule is [C-]#[N+]/C(C#N)=C(\c1ccc(N(C)C)cc1)c1ccc(/C=C/c2ccc(N(C)C)cc2)s1. The van der Waals surface area contributed by atoms with Crippen molar-refractivity contribution in [3.8, 4) is 6.07 Å². The Morgan fingerprint density at radius 2 is 1.45 bits per heavy atom. The molecule has 31 heavy (non-hydrogen) atoms. The lowest BCUT2D eigenvalue weighted by atomic mass is 10.0. The van der Waals surface area contributed by atoms with Crippen LogP contribution in [0.3, 0.4) is 0 Å². The topological polar surface area (TPSA) is 34.6 Å². The molecule has 3 aromatic rings. The van der Waals surface area contributed by atoms with Crippen molar-refractivity contribution in [3.05, 3.63) is 98.7 Å². The summed E-state index contributed by atoms with van der Waals surface area (Å²) in [5.41, 5.74) is 5.01. The molecule has 1 aromatic heterocycles. The van der Waals surface area contributed by atoms with Crippen LogP contribution in [0, 0.1) is 17.9 Å². The van der Waals surface area contributed by atoms with Gasteiger partial charge in [0.25, 0.3) is 5.70 Å². The van der Waals surface area contributed by atoms with E-state index in [4.69, 9.17) is 6.57 Å². The fourth-order valence-electron chi connectivity index (χ4n) is 3.10. The standard InChI is InChI=1S/C26H24N4S/c1-28-24(18-27)26(20-9-13-22(14-10-20)30(4)5)25-17-16-23(31-25)15-8-19-6-11-21(12-7-19)29(2)3/h6-17H,2-5H3/b15-8+,26-24+. The molecule has 0 unspecified atom stereocenters. The Hall–Kier alpha value is -3.80. The molecule has 0 amide bonds. The third-order valence-corrected chi connectivity index (χ3v) is 5.92. The maximum absolute atomic E-state index is 9.54. The first-order chi connectivity index (χ1) is 14.9. The predicted octanol–water partition coefficient (Wildman–Crippen LogP) is 6.25. The van der Waals surface area contributed by atoms with Crippen molar-refractivity contribution in [2.45, 2.75) is 0 Å². The van der Waals surface area contributed by atoms with E-state index in [1.165, 1.54) is 0 Å². The molecule has 0 radical (unpaired) electrons. The first kappa shape index (κ1) is 21.9. The van der Waals surface area contributed by atoms with Crippen molar-refractivity contribution in [2.24, 2.45) is 0 Å². The number of nitrogens with zero attached hydrogens (tertiary/aromatic N) is 4. The van der Waals surface area contributed by atoms with Crippen LogP contribution in [-0.2, 0) is 0 Å². The van der Waals surface area contributed by atoms with Gasteiger partial charge in [0.2, 0.25) is 0 Å². The minimum Gasteiger partial charge on any atom is -0.378 e. The number of rotatable bonds is 6. The van der Waals surface area contributed by atoms with E-state index in [0.717, 1.165) is 32.3 Å². The van der Waals surface area contributed by atoms with Crippen LogP contribution in [-0.4, -0.2) is 28.2 Å². The maximum atomic E-state index is 9.54. The van der Waals surface area contributed by atoms with Crippen LogP contribution in [0.2, 0.25) is 0 Å². The first-order valence-corrected chi connectivity index (χ1v) is 10.6. The molecule has 5 heteroatoms. The number of allylic oxidation sites excluding steroid dienone is 1. The number of benzene rings is 2. The Bertz CT molecular complexity index is 1170. The predicted molar refractivity (Wildman–Crippen MR) is 133 cm³/mol. The molecule has 3 rings (SSSR count). The summed E-state index contributed by atoms with van der Waals surface area (Å²) in [6.45, 7) is 7.47. The average molecular weight is 425 g/mol. The lowest BCUT2D eigenvalue weighted by Crippen LogP contribution is -2.08. The van der Waals surface area contributed by atoms with Gasteiger partial charge in [0, 0.05) is 54.9 Å². The zero-order valence-corrected chi connectivity index (χ0v) is 18.9. The van der Waals surface area contributed by atoms with Gasteiger partial charge in [-0.05, 0) is 53.6 Å². The summed E-state index contributed by atoms with van der Waals surface area (Å²) in [5, 5.41) is 9.54. The second-order valence-electron chi connectivity index (χ2n) is 7.41. The van der Waals surface area contributed by atoms with Crippen molar-refractivity contribution in [1.29, 1.82) is 5.26 Å². The highest BCUT2D eigenvalue weighted by atomic mass is 32.1. The van der Waals surface area contributed by atoms with E-state index < -0.39 is 0 Å². The maximum Gasteiger partial charge on any atom is 0.270 e. The highest BCUT2D eigenvalue weighted by Gasteiger charge is 2.14. The van der Waals surface area contributed by atoms with Crippen molar-refractivity contribution >= 4 is 40.4 Å². The second kappa shape index (κ2) is 9.80. The van der Waals surface area contributed by atoms with Crippen LogP contribution < -0.4 is 9.80 Å². The smallest absolute Gasteiger partial charge is 0.270 e. The normalized spacial score (nSPS) is 11.5. The lowest BCUT2D eigenvalue weighted by Gasteiger charge is -2.13. The van der Waals surface area contributed by atoms with Crippen molar-refractivity contribution in [2.75, 3.05) is 38.0 Å². The fraction of sp³-hybridized carbons (Fsp3) is 0.154. The molecule has 0 aliphatic carbocycles. The molecule has 0 atom stereocenters. The van der Waals surface area contributed by atoms with Crippen LogP contribution in [0.15, 0.2) is 66.4 Å². The molecule has 0 spiro atoms. The Balaban J connectivity index is 1.92. The van der Waals surface area contributed by atoms with E-state index >= 15 is 0 Å². The molecular formula is C26H24N4S. The molecule has 0 saturated carbocycles. The van der Waals surface area contributed by atoms with Crippen LogP contribution in [0.5, 0.6) is 0 Å². The summed E-state index contributed by atoms with van der Waals surface area (Å²) in [6, 6.07) is 22.4. The number of hydrogen-bond acceptors (Lipinski definition) is 4. The molecule has 1 heterocycles. The third-order valence-electron chi connectivity index (χ3n) is 4.85. The van der Waals surface area contributed by atoms with Gasteiger partial charge in [0.15, 0.2) is 0 Å². The van der Waals surface area contributed by atoms with Gasteiger partial charge in [-0.25, -0.2) is 10.1 Å². The number of hydrogen-bond donors (Lipinski definition) is 0. The monoisotopic (exact) mass is 424 g/mol. The summed E-state index contributed by atoms with van der Waals surface area (Å²) in [6.07, 6.45) is 4.14. The molecule has 0 N–H and O–H groups in total. The second-order valence-corrected chi connectivity index (χ2v) is 8.53. The van der Waals surface area contributed by atoms with E-state index in [1.54, 1.807) is 11.3 Å². The van der Waals surface area contributed by atoms with Gasteiger partial charge in [-0.3, -0.25) is 0 Å². The zero-order chi connectivity index (χ0) is 22.4. The van der Waals surface area contributed by atoms with Gasteiger partial charge in [-0.1, -0.05) is 30.3 Å². The van der Waals surface area contributed by atoms with Crippen molar-refractivity contribution in [3.63, 3.8) is 0 Å². The molecule has 154 valence electrons. The molecule has 0 bridgehead atoms. The Morgan fingerprint density at radius 1 is 0.871 bits per heavy atom. The van der Waals surface area contributed by atoms with Gasteiger partial charge in [0.05, 0.1) is 12.6 Å². The van der Waals surface area contributed by atoms with E-state index in [9.17, 15) is 5.26 Å². The summed E-state index contributed by atoms with van der Waals surface area (Å²) in [4.78, 5) is 9.55. The summed E-state index contributed by atoms with van der Waals surface area (Å²) >= 11 is 1.57. The Morgan fingerprint density at radius 3 is 1.97 bits per heavy atom. The molecule has 0 aliphatic rings. The minimum absolute atomic E-state index is 0.106. The van der Waals surface area contributed by atoms with E-state index in [0.29, 0.717) is 5.57 Å². The van der Waals surface area contributed by atoms with Crippen LogP contribution in [0.4, 0.5) is 11.4 Å². The summed E-state index contributed by atoms with van der Waals surface area (Å²) in [7, 11) is 8.01. The number of nitriles is 1. The largest absolute Gasteiger partial charge is 0.378 e. The van der Waals surface area contributed by atoms with Gasteiger partial charge < -0.3 is 9.80 Å². The van der Waals surface area contributed by atoms with Gasteiger partial charge in [-0.15, -0.1) is 11.3 Å². The highest BCUT2D eigenvalue weighted by Crippen LogP contribution is 2.34. The fourth-order valence-corrected chi connectivity index (χ4v) is 4.08. The average Bonchev–Trinajstić information content (AvgIpc) is 3.24. The van der Waals surface area contributed by atoms with Gasteiger partial charge in [0.1, 0.15) is 0 Å². The molecule has 0 fully saturated rings. The minimum atomic E-state index is 0.106. The molecule has 4 nitrogen and oxygen atoms in total. The Labute approximate surface area is 188 Å². The van der Waals surface area contributed by atoms with Gasteiger partial charge in [-0.2, -0.15) is 0 Å². The summed E-state index contributed by atoms with van der Waals surface area (Å²) in [5.74, 6) is 0. The van der Waals surface area contributed by atoms with Crippen LogP contribution in [0.25, 0.3) is 22.6 Å². The number of anilines is 2. The van der Waals surface area contributed by atoms with Gasteiger partial charge >= 0.3 is 0 Å².